The van der Waals surface area contributed by atoms with Gasteiger partial charge in [0, 0.05) is 12.7 Å². The molecule has 1 aromatic heterocycles. The van der Waals surface area contributed by atoms with Gasteiger partial charge in [-0.2, -0.15) is 0 Å². The van der Waals surface area contributed by atoms with E-state index in [4.69, 9.17) is 21.2 Å². The number of carbonyl (C=O) groups excluding carboxylic acids is 1. The first kappa shape index (κ1) is 14.6. The van der Waals surface area contributed by atoms with E-state index in [1.165, 1.54) is 48.5 Å². The van der Waals surface area contributed by atoms with Crippen LogP contribution in [0.25, 0.3) is 0 Å². The van der Waals surface area contributed by atoms with Crippen molar-refractivity contribution in [1.82, 2.24) is 0 Å². The number of benzene rings is 1. The molecule has 106 valence electrons. The van der Waals surface area contributed by atoms with Crippen LogP contribution in [0.3, 0.4) is 0 Å². The maximum Gasteiger partial charge on any atom is 0.262 e. The molecule has 2 N–H and O–H groups in total. The number of sulfonamides is 1. The van der Waals surface area contributed by atoms with Gasteiger partial charge in [0.1, 0.15) is 0 Å². The normalized spacial score (nSPS) is 11.3. The highest BCUT2D eigenvalue weighted by Crippen LogP contribution is 2.22. The summed E-state index contributed by atoms with van der Waals surface area (Å²) in [4.78, 5) is 13.4. The molecule has 1 amide bonds. The van der Waals surface area contributed by atoms with E-state index in [0.29, 0.717) is 5.69 Å². The second-order valence-corrected chi connectivity index (χ2v) is 5.92. The average Bonchev–Trinajstić information content (AvgIpc) is 2.82. The van der Waals surface area contributed by atoms with Gasteiger partial charge in [0.05, 0.1) is 16.7 Å². The molecule has 0 fully saturated rings. The lowest BCUT2D eigenvalue weighted by Crippen LogP contribution is -2.26. The van der Waals surface area contributed by atoms with Crippen LogP contribution in [0, 0.1) is 0 Å². The van der Waals surface area contributed by atoms with Gasteiger partial charge in [-0.15, -0.1) is 0 Å². The number of halogens is 1. The van der Waals surface area contributed by atoms with Crippen molar-refractivity contribution < 1.29 is 17.6 Å². The Balaban J connectivity index is 2.28. The number of nitrogens with two attached hydrogens (primary N) is 1. The Hall–Kier alpha value is -1.83. The topological polar surface area (TPSA) is 93.6 Å². The molecule has 2 rings (SSSR count). The first-order valence-corrected chi connectivity index (χ1v) is 7.37. The summed E-state index contributed by atoms with van der Waals surface area (Å²) in [5, 5.41) is 5.00. The molecule has 0 aliphatic carbocycles. The fourth-order valence-corrected chi connectivity index (χ4v) is 2.31. The molecule has 0 bridgehead atoms. The Morgan fingerprint density at radius 2 is 1.85 bits per heavy atom. The third-order valence-corrected chi connectivity index (χ3v) is 3.93. The second kappa shape index (κ2) is 5.28. The minimum atomic E-state index is -3.76. The Labute approximate surface area is 120 Å². The molecular formula is C12H11ClN2O4S. The molecule has 0 unspecified atom stereocenters. The highest BCUT2D eigenvalue weighted by molar-refractivity contribution is 7.89. The van der Waals surface area contributed by atoms with Crippen molar-refractivity contribution >= 4 is 33.2 Å². The number of amides is 1. The smallest absolute Gasteiger partial charge is 0.262 e. The summed E-state index contributed by atoms with van der Waals surface area (Å²) < 4.78 is 27.2. The van der Waals surface area contributed by atoms with Crippen molar-refractivity contribution in [3.63, 3.8) is 0 Å². The van der Waals surface area contributed by atoms with Crippen molar-refractivity contribution in [3.05, 3.63) is 47.4 Å². The molecule has 0 aliphatic heterocycles. The van der Waals surface area contributed by atoms with Crippen LogP contribution in [-0.4, -0.2) is 21.4 Å². The molecule has 2 aromatic rings. The lowest BCUT2D eigenvalue weighted by atomic mass is 10.2. The van der Waals surface area contributed by atoms with Gasteiger partial charge >= 0.3 is 0 Å². The van der Waals surface area contributed by atoms with Crippen molar-refractivity contribution in [2.75, 3.05) is 11.9 Å². The monoisotopic (exact) mass is 314 g/mol. The van der Waals surface area contributed by atoms with E-state index >= 15 is 0 Å². The Bertz CT molecular complexity index is 737. The predicted molar refractivity (Wildman–Crippen MR) is 74.3 cm³/mol. The van der Waals surface area contributed by atoms with Crippen molar-refractivity contribution in [2.24, 2.45) is 5.14 Å². The molecule has 0 radical (unpaired) electrons. The van der Waals surface area contributed by atoms with Gasteiger partial charge in [-0.1, -0.05) is 0 Å². The number of primary sulfonamides is 1. The summed E-state index contributed by atoms with van der Waals surface area (Å²) in [7, 11) is -2.22. The highest BCUT2D eigenvalue weighted by Gasteiger charge is 2.19. The van der Waals surface area contributed by atoms with E-state index in [1.807, 2.05) is 0 Å². The molecule has 6 nitrogen and oxygen atoms in total. The SMILES string of the molecule is CN(C(=O)c1ccoc1Cl)c1ccc(S(N)(=O)=O)cc1. The predicted octanol–water partition coefficient (Wildman–Crippen LogP) is 1.86. The van der Waals surface area contributed by atoms with E-state index in [1.54, 1.807) is 0 Å². The molecule has 0 saturated heterocycles. The van der Waals surface area contributed by atoms with Gasteiger partial charge in [-0.3, -0.25) is 4.79 Å². The van der Waals surface area contributed by atoms with Crippen LogP contribution in [0.1, 0.15) is 10.4 Å². The van der Waals surface area contributed by atoms with Crippen molar-refractivity contribution in [2.45, 2.75) is 4.90 Å². The fourth-order valence-electron chi connectivity index (χ4n) is 1.60. The van der Waals surface area contributed by atoms with Crippen molar-refractivity contribution in [3.8, 4) is 0 Å². The summed E-state index contributed by atoms with van der Waals surface area (Å²) >= 11 is 5.74. The van der Waals surface area contributed by atoms with Crippen LogP contribution in [0.2, 0.25) is 5.22 Å². The van der Waals surface area contributed by atoms with Crippen LogP contribution < -0.4 is 10.0 Å². The number of furan rings is 1. The second-order valence-electron chi connectivity index (χ2n) is 4.01. The van der Waals surface area contributed by atoms with E-state index in [2.05, 4.69) is 0 Å². The summed E-state index contributed by atoms with van der Waals surface area (Å²) in [6.07, 6.45) is 1.31. The van der Waals surface area contributed by atoms with Crippen LogP contribution in [-0.2, 0) is 10.0 Å². The van der Waals surface area contributed by atoms with Crippen molar-refractivity contribution in [1.29, 1.82) is 0 Å². The quantitative estimate of drug-likeness (QED) is 0.935. The van der Waals surface area contributed by atoms with Crippen LogP contribution in [0.15, 0.2) is 45.9 Å². The molecule has 0 aliphatic rings. The van der Waals surface area contributed by atoms with Gasteiger partial charge in [0.25, 0.3) is 5.91 Å². The lowest BCUT2D eigenvalue weighted by molar-refractivity contribution is 0.0992. The Kier molecular flexibility index (Phi) is 3.85. The average molecular weight is 315 g/mol. The number of hydrogen-bond acceptors (Lipinski definition) is 4. The summed E-state index contributed by atoms with van der Waals surface area (Å²) in [5.41, 5.74) is 0.726. The number of nitrogens with zero attached hydrogens (tertiary/aromatic N) is 1. The number of hydrogen-bond donors (Lipinski definition) is 1. The molecule has 20 heavy (non-hydrogen) atoms. The Morgan fingerprint density at radius 3 is 2.30 bits per heavy atom. The number of anilines is 1. The standard InChI is InChI=1S/C12H11ClN2O4S/c1-15(12(16)10-6-7-19-11(10)13)8-2-4-9(5-3-8)20(14,17)18/h2-7H,1H3,(H2,14,17,18). The largest absolute Gasteiger partial charge is 0.452 e. The van der Waals surface area contributed by atoms with E-state index in [9.17, 15) is 13.2 Å². The third-order valence-electron chi connectivity index (χ3n) is 2.71. The van der Waals surface area contributed by atoms with Gasteiger partial charge in [0.15, 0.2) is 0 Å². The van der Waals surface area contributed by atoms with Gasteiger partial charge in [0.2, 0.25) is 15.2 Å². The maximum absolute atomic E-state index is 12.1. The highest BCUT2D eigenvalue weighted by atomic mass is 35.5. The van der Waals surface area contributed by atoms with Crippen LogP contribution in [0.5, 0.6) is 0 Å². The van der Waals surface area contributed by atoms with E-state index in [0.717, 1.165) is 0 Å². The molecule has 0 spiro atoms. The molecule has 8 heteroatoms. The Morgan fingerprint density at radius 1 is 1.25 bits per heavy atom. The zero-order valence-corrected chi connectivity index (χ0v) is 12.0. The number of rotatable bonds is 3. The van der Waals surface area contributed by atoms with Gasteiger partial charge < -0.3 is 9.32 Å². The first-order valence-electron chi connectivity index (χ1n) is 5.44. The van der Waals surface area contributed by atoms with Crippen LogP contribution >= 0.6 is 11.6 Å². The van der Waals surface area contributed by atoms with E-state index < -0.39 is 10.0 Å². The summed E-state index contributed by atoms with van der Waals surface area (Å²) in [5.74, 6) is -0.368. The maximum atomic E-state index is 12.1. The fraction of sp³-hybridized carbons (Fsp3) is 0.0833. The molecular weight excluding hydrogens is 304 g/mol. The lowest BCUT2D eigenvalue weighted by Gasteiger charge is -2.16. The van der Waals surface area contributed by atoms with Crippen LogP contribution in [0.4, 0.5) is 5.69 Å². The van der Waals surface area contributed by atoms with E-state index in [-0.39, 0.29) is 21.6 Å². The zero-order chi connectivity index (χ0) is 14.9. The van der Waals surface area contributed by atoms with Gasteiger partial charge in [-0.05, 0) is 41.9 Å². The zero-order valence-electron chi connectivity index (χ0n) is 10.4. The molecule has 1 aromatic carbocycles. The third kappa shape index (κ3) is 2.84. The first-order chi connectivity index (χ1) is 9.30. The van der Waals surface area contributed by atoms with Gasteiger partial charge in [-0.25, -0.2) is 13.6 Å². The molecule has 0 atom stereocenters. The molecule has 1 heterocycles. The molecule has 0 saturated carbocycles. The minimum absolute atomic E-state index is 0.00278. The number of carbonyl (C=O) groups is 1. The summed E-state index contributed by atoms with van der Waals surface area (Å²) in [6.45, 7) is 0. The summed E-state index contributed by atoms with van der Waals surface area (Å²) in [6, 6.07) is 7.06. The minimum Gasteiger partial charge on any atom is -0.452 e.